The number of hydrogen-bond donors (Lipinski definition) is 4. The first-order valence-corrected chi connectivity index (χ1v) is 6.44. The average Bonchev–Trinajstić information content (AvgIpc) is 2.31. The molecule has 0 saturated carbocycles. The second kappa shape index (κ2) is 10.1. The maximum atomic E-state index is 10.8. The average molecular weight is 280 g/mol. The lowest BCUT2D eigenvalue weighted by atomic mass is 10.2. The maximum absolute atomic E-state index is 10.8. The molecule has 4 N–H and O–H groups in total. The molecule has 0 aromatic rings. The normalized spacial score (nSPS) is 16.3. The highest BCUT2D eigenvalue weighted by Gasteiger charge is 2.30. The lowest BCUT2D eigenvalue weighted by Crippen LogP contribution is -2.43. The zero-order chi connectivity index (χ0) is 14.8. The molecule has 0 aromatic carbocycles. The SMILES string of the molecule is CCCCCCOC(OC(C(=O)O)C(C)O)C(O)O. The smallest absolute Gasteiger partial charge is 0.335 e. The summed E-state index contributed by atoms with van der Waals surface area (Å²) in [5.41, 5.74) is 0. The summed E-state index contributed by atoms with van der Waals surface area (Å²) in [6.07, 6.45) is -2.56. The fourth-order valence-electron chi connectivity index (χ4n) is 1.45. The van der Waals surface area contributed by atoms with Crippen molar-refractivity contribution in [2.24, 2.45) is 0 Å². The number of unbranched alkanes of at least 4 members (excludes halogenated alkanes) is 3. The van der Waals surface area contributed by atoms with Crippen molar-refractivity contribution in [1.29, 1.82) is 0 Å². The van der Waals surface area contributed by atoms with Gasteiger partial charge in [-0.15, -0.1) is 0 Å². The summed E-state index contributed by atoms with van der Waals surface area (Å²) in [4.78, 5) is 10.8. The Kier molecular flexibility index (Phi) is 9.72. The molecular formula is C12H24O7. The highest BCUT2D eigenvalue weighted by atomic mass is 16.7. The molecule has 0 aliphatic rings. The van der Waals surface area contributed by atoms with Gasteiger partial charge in [0.2, 0.25) is 12.6 Å². The Morgan fingerprint density at radius 2 is 1.79 bits per heavy atom. The van der Waals surface area contributed by atoms with Gasteiger partial charge >= 0.3 is 5.97 Å². The minimum Gasteiger partial charge on any atom is -0.479 e. The second-order valence-corrected chi connectivity index (χ2v) is 4.35. The van der Waals surface area contributed by atoms with Gasteiger partial charge in [0.05, 0.1) is 6.10 Å². The first-order valence-electron chi connectivity index (χ1n) is 6.44. The van der Waals surface area contributed by atoms with Crippen molar-refractivity contribution in [3.63, 3.8) is 0 Å². The summed E-state index contributed by atoms with van der Waals surface area (Å²) in [5.74, 6) is -1.39. The minimum absolute atomic E-state index is 0.231. The van der Waals surface area contributed by atoms with Crippen molar-refractivity contribution in [3.05, 3.63) is 0 Å². The first-order chi connectivity index (χ1) is 8.90. The van der Waals surface area contributed by atoms with Gasteiger partial charge < -0.3 is 29.9 Å². The second-order valence-electron chi connectivity index (χ2n) is 4.35. The van der Waals surface area contributed by atoms with E-state index in [1.165, 1.54) is 6.92 Å². The van der Waals surface area contributed by atoms with Crippen LogP contribution in [0.25, 0.3) is 0 Å². The molecule has 0 aromatic heterocycles. The van der Waals surface area contributed by atoms with Crippen LogP contribution in [0.4, 0.5) is 0 Å². The van der Waals surface area contributed by atoms with Crippen molar-refractivity contribution in [2.45, 2.75) is 64.3 Å². The highest BCUT2D eigenvalue weighted by molar-refractivity contribution is 5.73. The van der Waals surface area contributed by atoms with E-state index >= 15 is 0 Å². The minimum atomic E-state index is -1.97. The Morgan fingerprint density at radius 1 is 1.16 bits per heavy atom. The lowest BCUT2D eigenvalue weighted by Gasteiger charge is -2.25. The monoisotopic (exact) mass is 280 g/mol. The quantitative estimate of drug-likeness (QED) is 0.312. The van der Waals surface area contributed by atoms with E-state index in [2.05, 4.69) is 6.92 Å². The molecule has 0 radical (unpaired) electrons. The van der Waals surface area contributed by atoms with Gasteiger partial charge in [0, 0.05) is 6.61 Å². The van der Waals surface area contributed by atoms with Gasteiger partial charge in [0.25, 0.3) is 0 Å². The van der Waals surface area contributed by atoms with Gasteiger partial charge in [-0.1, -0.05) is 26.2 Å². The molecule has 0 spiro atoms. The van der Waals surface area contributed by atoms with Gasteiger partial charge in [0.1, 0.15) is 0 Å². The molecule has 114 valence electrons. The third-order valence-corrected chi connectivity index (χ3v) is 2.49. The molecule has 0 bridgehead atoms. The van der Waals surface area contributed by atoms with E-state index < -0.39 is 30.8 Å². The van der Waals surface area contributed by atoms with E-state index in [-0.39, 0.29) is 6.61 Å². The van der Waals surface area contributed by atoms with Crippen LogP contribution >= 0.6 is 0 Å². The van der Waals surface area contributed by atoms with Crippen LogP contribution in [0.15, 0.2) is 0 Å². The van der Waals surface area contributed by atoms with Crippen molar-refractivity contribution in [2.75, 3.05) is 6.61 Å². The highest BCUT2D eigenvalue weighted by Crippen LogP contribution is 2.10. The fraction of sp³-hybridized carbons (Fsp3) is 0.917. The molecule has 3 atom stereocenters. The van der Waals surface area contributed by atoms with Crippen LogP contribution in [-0.2, 0) is 14.3 Å². The molecule has 0 aliphatic carbocycles. The molecule has 0 heterocycles. The van der Waals surface area contributed by atoms with Crippen molar-refractivity contribution >= 4 is 5.97 Å². The number of hydrogen-bond acceptors (Lipinski definition) is 6. The third kappa shape index (κ3) is 8.12. The van der Waals surface area contributed by atoms with Gasteiger partial charge in [-0.2, -0.15) is 0 Å². The van der Waals surface area contributed by atoms with Crippen LogP contribution in [0.5, 0.6) is 0 Å². The summed E-state index contributed by atoms with van der Waals surface area (Å²) in [6.45, 7) is 3.53. The Hall–Kier alpha value is -0.730. The van der Waals surface area contributed by atoms with Crippen LogP contribution in [0, 0.1) is 0 Å². The molecule has 0 fully saturated rings. The molecule has 0 saturated heterocycles. The van der Waals surface area contributed by atoms with E-state index in [9.17, 15) is 9.90 Å². The Balaban J connectivity index is 4.20. The molecule has 19 heavy (non-hydrogen) atoms. The number of rotatable bonds is 11. The lowest BCUT2D eigenvalue weighted by molar-refractivity contribution is -0.276. The van der Waals surface area contributed by atoms with E-state index in [1.807, 2.05) is 0 Å². The molecular weight excluding hydrogens is 256 g/mol. The molecule has 7 nitrogen and oxygen atoms in total. The van der Waals surface area contributed by atoms with Gasteiger partial charge in [-0.25, -0.2) is 4.79 Å². The van der Waals surface area contributed by atoms with Crippen molar-refractivity contribution in [3.8, 4) is 0 Å². The van der Waals surface area contributed by atoms with E-state index in [1.54, 1.807) is 0 Å². The van der Waals surface area contributed by atoms with Crippen LogP contribution in [-0.4, -0.2) is 57.8 Å². The van der Waals surface area contributed by atoms with E-state index in [0.29, 0.717) is 6.42 Å². The van der Waals surface area contributed by atoms with Crippen LogP contribution in [0.3, 0.4) is 0 Å². The number of ether oxygens (including phenoxy) is 2. The zero-order valence-electron chi connectivity index (χ0n) is 11.4. The largest absolute Gasteiger partial charge is 0.479 e. The summed E-state index contributed by atoms with van der Waals surface area (Å²) >= 11 is 0. The van der Waals surface area contributed by atoms with Crippen LogP contribution in [0.1, 0.15) is 39.5 Å². The van der Waals surface area contributed by atoms with E-state index in [4.69, 9.17) is 24.8 Å². The third-order valence-electron chi connectivity index (χ3n) is 2.49. The summed E-state index contributed by atoms with van der Waals surface area (Å²) < 4.78 is 9.95. The predicted octanol–water partition coefficient (Wildman–Crippen LogP) is 0.0707. The number of aliphatic carboxylic acids is 1. The Morgan fingerprint density at radius 3 is 2.21 bits per heavy atom. The molecule has 0 amide bonds. The number of carbonyl (C=O) groups is 1. The number of aliphatic hydroxyl groups is 3. The number of carboxylic acids is 1. The predicted molar refractivity (Wildman–Crippen MR) is 66.3 cm³/mol. The molecule has 0 aliphatic heterocycles. The number of aliphatic hydroxyl groups excluding tert-OH is 2. The van der Waals surface area contributed by atoms with Crippen molar-refractivity contribution in [1.82, 2.24) is 0 Å². The molecule has 0 rings (SSSR count). The van der Waals surface area contributed by atoms with E-state index in [0.717, 1.165) is 19.3 Å². The van der Waals surface area contributed by atoms with Crippen LogP contribution in [0.2, 0.25) is 0 Å². The molecule has 7 heteroatoms. The van der Waals surface area contributed by atoms with Gasteiger partial charge in [-0.05, 0) is 13.3 Å². The summed E-state index contributed by atoms with van der Waals surface area (Å²) in [5, 5.41) is 36.2. The first kappa shape index (κ1) is 18.3. The summed E-state index contributed by atoms with van der Waals surface area (Å²) in [6, 6.07) is 0. The van der Waals surface area contributed by atoms with Gasteiger partial charge in [-0.3, -0.25) is 0 Å². The summed E-state index contributed by atoms with van der Waals surface area (Å²) in [7, 11) is 0. The standard InChI is InChI=1S/C12H24O7/c1-3-4-5-6-7-18-12(11(16)17)19-9(8(2)13)10(14)15/h8-9,11-13,16-17H,3-7H2,1-2H3,(H,14,15). The van der Waals surface area contributed by atoms with Gasteiger partial charge in [0.15, 0.2) is 6.10 Å². The zero-order valence-corrected chi connectivity index (χ0v) is 11.4. The topological polar surface area (TPSA) is 116 Å². The maximum Gasteiger partial charge on any atom is 0.335 e. The Labute approximate surface area is 112 Å². The van der Waals surface area contributed by atoms with Crippen LogP contribution < -0.4 is 0 Å². The fourth-order valence-corrected chi connectivity index (χ4v) is 1.45. The van der Waals surface area contributed by atoms with Crippen molar-refractivity contribution < 1.29 is 34.7 Å². The Bertz CT molecular complexity index is 242. The molecule has 3 unspecified atom stereocenters. The number of carboxylic acid groups (broad SMARTS) is 1.